The molecule has 0 saturated carbocycles. The van der Waals surface area contributed by atoms with Gasteiger partial charge >= 0.3 is 0 Å². The van der Waals surface area contributed by atoms with Gasteiger partial charge in [-0.15, -0.1) is 0 Å². The molecule has 1 fully saturated rings. The number of fused-ring (bicyclic) bond motifs is 1. The molecule has 0 aliphatic carbocycles. The van der Waals surface area contributed by atoms with Gasteiger partial charge in [-0.25, -0.2) is 0 Å². The summed E-state index contributed by atoms with van der Waals surface area (Å²) >= 11 is 8.03. The first-order valence-corrected chi connectivity index (χ1v) is 9.98. The molecule has 2 aromatic rings. The van der Waals surface area contributed by atoms with E-state index < -0.39 is 0 Å². The third-order valence-electron chi connectivity index (χ3n) is 4.98. The van der Waals surface area contributed by atoms with Gasteiger partial charge in [0, 0.05) is 23.9 Å². The van der Waals surface area contributed by atoms with Crippen LogP contribution in [0.25, 0.3) is 11.1 Å². The molecule has 0 spiro atoms. The van der Waals surface area contributed by atoms with Gasteiger partial charge in [-0.2, -0.15) is 17.0 Å². The van der Waals surface area contributed by atoms with Crippen molar-refractivity contribution in [2.75, 3.05) is 23.7 Å². The normalized spacial score (nSPS) is 16.8. The molecule has 2 aliphatic heterocycles. The lowest BCUT2D eigenvalue weighted by Gasteiger charge is -2.27. The first-order valence-electron chi connectivity index (χ1n) is 8.45. The molecule has 0 amide bonds. The summed E-state index contributed by atoms with van der Waals surface area (Å²) in [7, 11) is 0. The Kier molecular flexibility index (Phi) is 4.43. The van der Waals surface area contributed by atoms with Crippen molar-refractivity contribution < 1.29 is 0 Å². The van der Waals surface area contributed by atoms with E-state index >= 15 is 0 Å². The van der Waals surface area contributed by atoms with E-state index in [2.05, 4.69) is 29.2 Å². The second-order valence-electron chi connectivity index (χ2n) is 6.39. The van der Waals surface area contributed by atoms with E-state index in [0.717, 1.165) is 47.3 Å². The van der Waals surface area contributed by atoms with Gasteiger partial charge in [0.25, 0.3) is 0 Å². The molecule has 4 rings (SSSR count). The van der Waals surface area contributed by atoms with Crippen molar-refractivity contribution in [3.8, 4) is 17.2 Å². The smallest absolute Gasteiger partial charge is 0.102 e. The summed E-state index contributed by atoms with van der Waals surface area (Å²) in [5, 5.41) is 10.6. The van der Waals surface area contributed by atoms with Crippen molar-refractivity contribution in [2.45, 2.75) is 25.0 Å². The molecule has 0 unspecified atom stereocenters. The SMILES string of the molecule is N#Cc1c(N2CCCC2)cc(-c2ccc(Cl)cc2)c2c1CCSC2. The van der Waals surface area contributed by atoms with Crippen LogP contribution in [0.2, 0.25) is 5.02 Å². The van der Waals surface area contributed by atoms with Gasteiger partial charge in [-0.1, -0.05) is 23.7 Å². The summed E-state index contributed by atoms with van der Waals surface area (Å²) in [6.07, 6.45) is 3.42. The largest absolute Gasteiger partial charge is 0.370 e. The molecule has 0 atom stereocenters. The summed E-state index contributed by atoms with van der Waals surface area (Å²) in [5.74, 6) is 2.09. The van der Waals surface area contributed by atoms with Gasteiger partial charge in [-0.05, 0) is 65.5 Å². The second kappa shape index (κ2) is 6.70. The van der Waals surface area contributed by atoms with Gasteiger partial charge in [-0.3, -0.25) is 0 Å². The number of benzene rings is 2. The molecule has 24 heavy (non-hydrogen) atoms. The maximum absolute atomic E-state index is 9.83. The third-order valence-corrected chi connectivity index (χ3v) is 6.22. The van der Waals surface area contributed by atoms with Crippen LogP contribution in [0.4, 0.5) is 5.69 Å². The van der Waals surface area contributed by atoms with E-state index in [1.165, 1.54) is 35.1 Å². The molecule has 2 aromatic carbocycles. The van der Waals surface area contributed by atoms with Gasteiger partial charge in [0.05, 0.1) is 11.3 Å². The number of thioether (sulfide) groups is 1. The molecule has 2 heterocycles. The van der Waals surface area contributed by atoms with Gasteiger partial charge in [0.15, 0.2) is 0 Å². The lowest BCUT2D eigenvalue weighted by molar-refractivity contribution is 0.949. The summed E-state index contributed by atoms with van der Waals surface area (Å²) in [6.45, 7) is 2.12. The van der Waals surface area contributed by atoms with Crippen LogP contribution in [0.5, 0.6) is 0 Å². The molecule has 1 saturated heterocycles. The number of hydrogen-bond donors (Lipinski definition) is 0. The molecule has 2 aliphatic rings. The van der Waals surface area contributed by atoms with Gasteiger partial charge in [0.2, 0.25) is 0 Å². The maximum Gasteiger partial charge on any atom is 0.102 e. The number of anilines is 1. The van der Waals surface area contributed by atoms with E-state index in [4.69, 9.17) is 11.6 Å². The minimum Gasteiger partial charge on any atom is -0.370 e. The third kappa shape index (κ3) is 2.79. The van der Waals surface area contributed by atoms with E-state index in [0.29, 0.717) is 0 Å². The second-order valence-corrected chi connectivity index (χ2v) is 7.93. The molecular weight excluding hydrogens is 336 g/mol. The Morgan fingerprint density at radius 3 is 2.54 bits per heavy atom. The lowest BCUT2D eigenvalue weighted by atomic mass is 9.89. The summed E-state index contributed by atoms with van der Waals surface area (Å²) in [4.78, 5) is 2.39. The summed E-state index contributed by atoms with van der Waals surface area (Å²) in [5.41, 5.74) is 7.12. The highest BCUT2D eigenvalue weighted by Crippen LogP contribution is 2.41. The zero-order chi connectivity index (χ0) is 16.5. The molecule has 122 valence electrons. The molecule has 0 N–H and O–H groups in total. The molecule has 0 bridgehead atoms. The zero-order valence-electron chi connectivity index (χ0n) is 13.5. The van der Waals surface area contributed by atoms with Crippen LogP contribution in [0, 0.1) is 11.3 Å². The Morgan fingerprint density at radius 2 is 1.83 bits per heavy atom. The Hall–Kier alpha value is -1.63. The Balaban J connectivity index is 1.93. The molecular formula is C20H19ClN2S. The van der Waals surface area contributed by atoms with Crippen molar-refractivity contribution in [1.82, 2.24) is 0 Å². The predicted molar refractivity (Wildman–Crippen MR) is 103 cm³/mol. The Labute approximate surface area is 152 Å². The van der Waals surface area contributed by atoms with E-state index in [1.807, 2.05) is 23.9 Å². The monoisotopic (exact) mass is 354 g/mol. The van der Waals surface area contributed by atoms with Crippen LogP contribution in [-0.4, -0.2) is 18.8 Å². The fourth-order valence-corrected chi connectivity index (χ4v) is 4.93. The molecule has 0 radical (unpaired) electrons. The van der Waals surface area contributed by atoms with Crippen molar-refractivity contribution in [1.29, 1.82) is 5.26 Å². The van der Waals surface area contributed by atoms with Crippen molar-refractivity contribution >= 4 is 29.1 Å². The standard InChI is InChI=1S/C20H19ClN2S/c21-15-5-3-14(4-6-15)17-11-20(23-8-1-2-9-23)18(12-22)16-7-10-24-13-19(16)17/h3-6,11H,1-2,7-10,13H2. The number of nitriles is 1. The van der Waals surface area contributed by atoms with E-state index in [-0.39, 0.29) is 0 Å². The maximum atomic E-state index is 9.83. The fraction of sp³-hybridized carbons (Fsp3) is 0.350. The van der Waals surface area contributed by atoms with Crippen molar-refractivity contribution in [2.24, 2.45) is 0 Å². The number of nitrogens with zero attached hydrogens (tertiary/aromatic N) is 2. The van der Waals surface area contributed by atoms with Crippen molar-refractivity contribution in [3.05, 3.63) is 52.0 Å². The topological polar surface area (TPSA) is 27.0 Å². The molecule has 2 nitrogen and oxygen atoms in total. The van der Waals surface area contributed by atoms with Crippen LogP contribution >= 0.6 is 23.4 Å². The fourth-order valence-electron chi connectivity index (χ4n) is 3.77. The van der Waals surface area contributed by atoms with Crippen LogP contribution in [0.3, 0.4) is 0 Å². The Bertz CT molecular complexity index is 802. The molecule has 4 heteroatoms. The quantitative estimate of drug-likeness (QED) is 0.735. The summed E-state index contributed by atoms with van der Waals surface area (Å²) in [6, 6.07) is 12.9. The number of hydrogen-bond acceptors (Lipinski definition) is 3. The van der Waals surface area contributed by atoms with Crippen LogP contribution in [-0.2, 0) is 12.2 Å². The number of rotatable bonds is 2. The van der Waals surface area contributed by atoms with Crippen molar-refractivity contribution in [3.63, 3.8) is 0 Å². The highest BCUT2D eigenvalue weighted by atomic mass is 35.5. The molecule has 0 aromatic heterocycles. The van der Waals surface area contributed by atoms with Crippen LogP contribution in [0.1, 0.15) is 29.5 Å². The van der Waals surface area contributed by atoms with Crippen LogP contribution < -0.4 is 4.90 Å². The number of halogens is 1. The first-order chi connectivity index (χ1) is 11.8. The lowest BCUT2D eigenvalue weighted by Crippen LogP contribution is -2.21. The van der Waals surface area contributed by atoms with E-state index in [9.17, 15) is 5.26 Å². The zero-order valence-corrected chi connectivity index (χ0v) is 15.1. The first kappa shape index (κ1) is 15.9. The average Bonchev–Trinajstić information content (AvgIpc) is 3.15. The van der Waals surface area contributed by atoms with Crippen LogP contribution in [0.15, 0.2) is 30.3 Å². The average molecular weight is 355 g/mol. The van der Waals surface area contributed by atoms with Gasteiger partial charge < -0.3 is 4.90 Å². The predicted octanol–water partition coefficient (Wildman–Crippen LogP) is 5.27. The van der Waals surface area contributed by atoms with Gasteiger partial charge in [0.1, 0.15) is 6.07 Å². The highest BCUT2D eigenvalue weighted by Gasteiger charge is 2.25. The Morgan fingerprint density at radius 1 is 1.08 bits per heavy atom. The summed E-state index contributed by atoms with van der Waals surface area (Å²) < 4.78 is 0. The minimum absolute atomic E-state index is 0.760. The highest BCUT2D eigenvalue weighted by molar-refractivity contribution is 7.98. The van der Waals surface area contributed by atoms with E-state index in [1.54, 1.807) is 0 Å². The minimum atomic E-state index is 0.760.